The maximum absolute atomic E-state index is 13.5. The average Bonchev–Trinajstić information content (AvgIpc) is 2.35. The molecule has 2 nitrogen and oxygen atoms in total. The van der Waals surface area contributed by atoms with Gasteiger partial charge in [-0.3, -0.25) is 0 Å². The van der Waals surface area contributed by atoms with Crippen molar-refractivity contribution in [3.8, 4) is 0 Å². The van der Waals surface area contributed by atoms with Crippen molar-refractivity contribution >= 4 is 0 Å². The molecule has 2 atom stereocenters. The summed E-state index contributed by atoms with van der Waals surface area (Å²) in [5.41, 5.74) is 0.545. The molecule has 1 aromatic carbocycles. The summed E-state index contributed by atoms with van der Waals surface area (Å²) in [5, 5.41) is 3.33. The Labute approximate surface area is 113 Å². The molecule has 0 radical (unpaired) electrons. The molecule has 0 bridgehead atoms. The second-order valence-electron chi connectivity index (χ2n) is 5.67. The Hall–Kier alpha value is -1.00. The molecule has 0 heterocycles. The maximum atomic E-state index is 13.5. The summed E-state index contributed by atoms with van der Waals surface area (Å²) in [7, 11) is 0. The number of benzene rings is 1. The van der Waals surface area contributed by atoms with Crippen LogP contribution in [0.2, 0.25) is 0 Å². The lowest BCUT2D eigenvalue weighted by Gasteiger charge is -2.52. The van der Waals surface area contributed by atoms with Gasteiger partial charge < -0.3 is 10.1 Å². The van der Waals surface area contributed by atoms with Crippen LogP contribution in [-0.4, -0.2) is 18.8 Å². The highest BCUT2D eigenvalue weighted by molar-refractivity contribution is 5.19. The van der Waals surface area contributed by atoms with Crippen LogP contribution in [-0.2, 0) is 11.3 Å². The van der Waals surface area contributed by atoms with Crippen molar-refractivity contribution in [2.45, 2.75) is 45.9 Å². The Morgan fingerprint density at radius 3 is 2.68 bits per heavy atom. The third kappa shape index (κ3) is 2.95. The molecule has 1 aliphatic carbocycles. The van der Waals surface area contributed by atoms with Gasteiger partial charge >= 0.3 is 0 Å². The van der Waals surface area contributed by atoms with Gasteiger partial charge in [-0.2, -0.15) is 0 Å². The van der Waals surface area contributed by atoms with Gasteiger partial charge in [0.1, 0.15) is 11.6 Å². The molecule has 4 heteroatoms. The second kappa shape index (κ2) is 5.55. The molecule has 0 saturated heterocycles. The minimum atomic E-state index is -0.540. The first-order valence-corrected chi connectivity index (χ1v) is 6.74. The third-order valence-electron chi connectivity index (χ3n) is 4.10. The van der Waals surface area contributed by atoms with Crippen LogP contribution in [0.1, 0.15) is 32.8 Å². The van der Waals surface area contributed by atoms with Crippen molar-refractivity contribution in [3.05, 3.63) is 35.4 Å². The topological polar surface area (TPSA) is 21.3 Å². The largest absolute Gasteiger partial charge is 0.378 e. The van der Waals surface area contributed by atoms with Crippen molar-refractivity contribution in [2.24, 2.45) is 5.41 Å². The van der Waals surface area contributed by atoms with Crippen molar-refractivity contribution < 1.29 is 13.5 Å². The molecule has 19 heavy (non-hydrogen) atoms. The van der Waals surface area contributed by atoms with E-state index in [1.54, 1.807) is 0 Å². The van der Waals surface area contributed by atoms with Crippen molar-refractivity contribution in [1.82, 2.24) is 5.32 Å². The molecule has 0 aromatic heterocycles. The molecule has 0 aliphatic heterocycles. The lowest BCUT2D eigenvalue weighted by molar-refractivity contribution is -0.114. The highest BCUT2D eigenvalue weighted by atomic mass is 19.1. The van der Waals surface area contributed by atoms with Gasteiger partial charge in [0.25, 0.3) is 0 Å². The van der Waals surface area contributed by atoms with Crippen LogP contribution in [0, 0.1) is 17.0 Å². The van der Waals surface area contributed by atoms with E-state index in [4.69, 9.17) is 4.74 Å². The van der Waals surface area contributed by atoms with Gasteiger partial charge in [-0.1, -0.05) is 19.9 Å². The fourth-order valence-corrected chi connectivity index (χ4v) is 2.61. The van der Waals surface area contributed by atoms with Crippen molar-refractivity contribution in [3.63, 3.8) is 0 Å². The Balaban J connectivity index is 1.90. The maximum Gasteiger partial charge on any atom is 0.130 e. The fourth-order valence-electron chi connectivity index (χ4n) is 2.61. The zero-order valence-corrected chi connectivity index (χ0v) is 11.7. The molecule has 0 spiro atoms. The van der Waals surface area contributed by atoms with E-state index in [9.17, 15) is 8.78 Å². The minimum absolute atomic E-state index is 0.0481. The van der Waals surface area contributed by atoms with Crippen LogP contribution >= 0.6 is 0 Å². The molecule has 1 N–H and O–H groups in total. The van der Waals surface area contributed by atoms with E-state index in [0.717, 1.165) is 12.5 Å². The van der Waals surface area contributed by atoms with E-state index in [-0.39, 0.29) is 11.5 Å². The van der Waals surface area contributed by atoms with Crippen molar-refractivity contribution in [1.29, 1.82) is 0 Å². The molecule has 106 valence electrons. The first kappa shape index (κ1) is 14.4. The Morgan fingerprint density at radius 1 is 1.37 bits per heavy atom. The van der Waals surface area contributed by atoms with Crippen LogP contribution in [0.3, 0.4) is 0 Å². The number of halogens is 2. The van der Waals surface area contributed by atoms with Gasteiger partial charge in [-0.15, -0.1) is 0 Å². The van der Waals surface area contributed by atoms with Gasteiger partial charge in [0.05, 0.1) is 6.10 Å². The number of hydrogen-bond acceptors (Lipinski definition) is 2. The van der Waals surface area contributed by atoms with Crippen molar-refractivity contribution in [2.75, 3.05) is 6.61 Å². The Bertz CT molecular complexity index is 448. The van der Waals surface area contributed by atoms with E-state index >= 15 is 0 Å². The summed E-state index contributed by atoms with van der Waals surface area (Å²) < 4.78 is 32.0. The predicted molar refractivity (Wildman–Crippen MR) is 70.8 cm³/mol. The van der Waals surface area contributed by atoms with Gasteiger partial charge in [0.2, 0.25) is 0 Å². The standard InChI is InChI=1S/C15H21F2NO/c1-4-19-14-8-13(15(14,2)3)18-9-10-5-6-11(16)7-12(10)17/h5-7,13-14,18H,4,8-9H2,1-3H3. The number of nitrogens with one attached hydrogen (secondary N) is 1. The summed E-state index contributed by atoms with van der Waals surface area (Å²) in [6.45, 7) is 7.42. The molecule has 1 fully saturated rings. The Kier molecular flexibility index (Phi) is 4.21. The molecular formula is C15H21F2NO. The average molecular weight is 269 g/mol. The zero-order valence-electron chi connectivity index (χ0n) is 11.7. The summed E-state index contributed by atoms with van der Waals surface area (Å²) in [6, 6.07) is 4.00. The number of hydrogen-bond donors (Lipinski definition) is 1. The summed E-state index contributed by atoms with van der Waals surface area (Å²) >= 11 is 0. The normalized spacial score (nSPS) is 25.1. The quantitative estimate of drug-likeness (QED) is 0.886. The Morgan fingerprint density at radius 2 is 2.11 bits per heavy atom. The second-order valence-corrected chi connectivity index (χ2v) is 5.67. The van der Waals surface area contributed by atoms with E-state index in [1.165, 1.54) is 12.1 Å². The summed E-state index contributed by atoms with van der Waals surface area (Å²) in [4.78, 5) is 0. The number of rotatable bonds is 5. The van der Waals surface area contributed by atoms with E-state index in [0.29, 0.717) is 24.8 Å². The monoisotopic (exact) mass is 269 g/mol. The van der Waals surface area contributed by atoms with Crippen LogP contribution in [0.4, 0.5) is 8.78 Å². The number of ether oxygens (including phenoxy) is 1. The molecule has 1 aromatic rings. The van der Waals surface area contributed by atoms with Crippen LogP contribution in [0.25, 0.3) is 0 Å². The molecule has 1 saturated carbocycles. The molecule has 1 aliphatic rings. The molecular weight excluding hydrogens is 248 g/mol. The predicted octanol–water partition coefficient (Wildman–Crippen LogP) is 3.26. The van der Waals surface area contributed by atoms with Gasteiger partial charge in [0.15, 0.2) is 0 Å². The first-order chi connectivity index (χ1) is 8.95. The minimum Gasteiger partial charge on any atom is -0.378 e. The fraction of sp³-hybridized carbons (Fsp3) is 0.600. The molecule has 0 amide bonds. The molecule has 2 rings (SSSR count). The highest BCUT2D eigenvalue weighted by Crippen LogP contribution is 2.42. The van der Waals surface area contributed by atoms with E-state index in [1.807, 2.05) is 6.92 Å². The highest BCUT2D eigenvalue weighted by Gasteiger charge is 2.48. The summed E-state index contributed by atoms with van der Waals surface area (Å²) in [5.74, 6) is -1.03. The van der Waals surface area contributed by atoms with Gasteiger partial charge in [-0.05, 0) is 19.4 Å². The smallest absolute Gasteiger partial charge is 0.130 e. The molecule has 2 unspecified atom stereocenters. The van der Waals surface area contributed by atoms with Crippen LogP contribution in [0.15, 0.2) is 18.2 Å². The van der Waals surface area contributed by atoms with E-state index in [2.05, 4.69) is 19.2 Å². The summed E-state index contributed by atoms with van der Waals surface area (Å²) in [6.07, 6.45) is 1.19. The van der Waals surface area contributed by atoms with Gasteiger partial charge in [0, 0.05) is 36.2 Å². The third-order valence-corrected chi connectivity index (χ3v) is 4.10. The SMILES string of the molecule is CCOC1CC(NCc2ccc(F)cc2F)C1(C)C. The first-order valence-electron chi connectivity index (χ1n) is 6.74. The van der Waals surface area contributed by atoms with Crippen LogP contribution < -0.4 is 5.32 Å². The lowest BCUT2D eigenvalue weighted by atomic mass is 9.64. The van der Waals surface area contributed by atoms with E-state index < -0.39 is 11.6 Å². The zero-order chi connectivity index (χ0) is 14.0. The van der Waals surface area contributed by atoms with Crippen LogP contribution in [0.5, 0.6) is 0 Å². The van der Waals surface area contributed by atoms with Gasteiger partial charge in [-0.25, -0.2) is 8.78 Å². The lowest BCUT2D eigenvalue weighted by Crippen LogP contribution is -2.60.